The van der Waals surface area contributed by atoms with Crippen molar-refractivity contribution in [1.29, 1.82) is 5.41 Å². The standard InChI is InChI=1S/C11H13N/c1-3-4-9(2)10-5-7-11(12)8-6-10/h3-8,12H,1-2H3/p+1/b4-3+,10-9?,12-11?. The number of hydrogen-bond donors (Lipinski definition) is 1. The number of nitrogens with one attached hydrogen (secondary N) is 1. The predicted molar refractivity (Wildman–Crippen MR) is 54.6 cm³/mol. The molecule has 0 radical (unpaired) electrons. The molecule has 0 amide bonds. The van der Waals surface area contributed by atoms with Gasteiger partial charge in [-0.15, -0.1) is 0 Å². The zero-order valence-corrected chi connectivity index (χ0v) is 7.46. The van der Waals surface area contributed by atoms with Crippen molar-refractivity contribution in [3.63, 3.8) is 0 Å². The third-order valence-corrected chi connectivity index (χ3v) is 1.76. The normalized spacial score (nSPS) is 16.2. The highest BCUT2D eigenvalue weighted by Gasteiger charge is 1.97. The fourth-order valence-corrected chi connectivity index (χ4v) is 1.08. The van der Waals surface area contributed by atoms with Gasteiger partial charge < -0.3 is 5.41 Å². The van der Waals surface area contributed by atoms with Crippen LogP contribution in [0, 0.1) is 5.41 Å². The summed E-state index contributed by atoms with van der Waals surface area (Å²) in [6, 6.07) is 0. The van der Waals surface area contributed by atoms with Crippen molar-refractivity contribution in [2.75, 3.05) is 0 Å². The van der Waals surface area contributed by atoms with E-state index < -0.39 is 0 Å². The molecular weight excluding hydrogens is 146 g/mol. The van der Waals surface area contributed by atoms with Gasteiger partial charge >= 0.3 is 1.43 Å². The monoisotopic (exact) mass is 160 g/mol. The molecule has 1 aliphatic rings. The maximum absolute atomic E-state index is 7.31. The van der Waals surface area contributed by atoms with Crippen molar-refractivity contribution in [2.45, 2.75) is 13.8 Å². The molecule has 0 heterocycles. The quantitative estimate of drug-likeness (QED) is 0.609. The smallest absolute Gasteiger partial charge is 0.301 e. The maximum atomic E-state index is 7.31. The SMILES string of the molecule is C/C=C/C(C)=C1C=CC(=N)C=C1.[H+]. The third-order valence-electron chi connectivity index (χ3n) is 1.76. The van der Waals surface area contributed by atoms with Gasteiger partial charge in [-0.25, -0.2) is 0 Å². The zero-order chi connectivity index (χ0) is 8.97. The van der Waals surface area contributed by atoms with Crippen LogP contribution in [0.2, 0.25) is 0 Å². The van der Waals surface area contributed by atoms with Crippen molar-refractivity contribution in [3.8, 4) is 0 Å². The molecule has 0 bridgehead atoms. The van der Waals surface area contributed by atoms with Crippen LogP contribution in [-0.4, -0.2) is 5.71 Å². The van der Waals surface area contributed by atoms with E-state index in [1.54, 1.807) is 0 Å². The lowest BCUT2D eigenvalue weighted by Gasteiger charge is -2.03. The van der Waals surface area contributed by atoms with Gasteiger partial charge in [-0.3, -0.25) is 0 Å². The van der Waals surface area contributed by atoms with Crippen molar-refractivity contribution in [1.82, 2.24) is 0 Å². The summed E-state index contributed by atoms with van der Waals surface area (Å²) < 4.78 is 0. The van der Waals surface area contributed by atoms with Crippen LogP contribution >= 0.6 is 0 Å². The van der Waals surface area contributed by atoms with Gasteiger partial charge in [0, 0.05) is 0 Å². The summed E-state index contributed by atoms with van der Waals surface area (Å²) in [5.41, 5.74) is 2.98. The summed E-state index contributed by atoms with van der Waals surface area (Å²) in [6.07, 6.45) is 11.6. The molecule has 62 valence electrons. The summed E-state index contributed by atoms with van der Waals surface area (Å²) in [5, 5.41) is 7.31. The zero-order valence-electron chi connectivity index (χ0n) is 8.46. The minimum atomic E-state index is 0. The van der Waals surface area contributed by atoms with Crippen LogP contribution in [0.3, 0.4) is 0 Å². The van der Waals surface area contributed by atoms with E-state index in [2.05, 4.69) is 13.0 Å². The highest BCUT2D eigenvalue weighted by molar-refractivity contribution is 6.03. The van der Waals surface area contributed by atoms with Gasteiger partial charge in [0.25, 0.3) is 0 Å². The Labute approximate surface area is 74.8 Å². The predicted octanol–water partition coefficient (Wildman–Crippen LogP) is 3.14. The largest absolute Gasteiger partial charge is 1.00 e. The molecule has 1 aliphatic carbocycles. The lowest BCUT2D eigenvalue weighted by Crippen LogP contribution is -1.91. The number of rotatable bonds is 1. The van der Waals surface area contributed by atoms with E-state index in [0.29, 0.717) is 5.71 Å². The molecule has 0 atom stereocenters. The van der Waals surface area contributed by atoms with Crippen molar-refractivity contribution in [3.05, 3.63) is 47.6 Å². The Bertz CT molecular complexity index is 288. The van der Waals surface area contributed by atoms with Crippen molar-refractivity contribution < 1.29 is 1.43 Å². The number of hydrogen-bond acceptors (Lipinski definition) is 1. The van der Waals surface area contributed by atoms with Crippen LogP contribution in [0.1, 0.15) is 15.3 Å². The minimum absolute atomic E-state index is 0. The summed E-state index contributed by atoms with van der Waals surface area (Å²) in [7, 11) is 0. The second-order valence-electron chi connectivity index (χ2n) is 2.76. The molecule has 0 aliphatic heterocycles. The van der Waals surface area contributed by atoms with Crippen LogP contribution in [0.15, 0.2) is 47.6 Å². The molecule has 0 aromatic rings. The fourth-order valence-electron chi connectivity index (χ4n) is 1.08. The Morgan fingerprint density at radius 1 is 1.33 bits per heavy atom. The first-order chi connectivity index (χ1) is 5.74. The molecule has 0 spiro atoms. The lowest BCUT2D eigenvalue weighted by atomic mass is 10.0. The Balaban J connectivity index is 0.00000144. The summed E-state index contributed by atoms with van der Waals surface area (Å²) >= 11 is 0. The molecule has 1 heteroatoms. The van der Waals surface area contributed by atoms with Crippen LogP contribution in [-0.2, 0) is 0 Å². The first-order valence-corrected chi connectivity index (χ1v) is 4.02. The maximum Gasteiger partial charge on any atom is 1.00 e. The molecule has 0 saturated heterocycles. The Morgan fingerprint density at radius 3 is 2.42 bits per heavy atom. The molecule has 0 saturated carbocycles. The topological polar surface area (TPSA) is 23.9 Å². The molecule has 0 aromatic heterocycles. The van der Waals surface area contributed by atoms with Gasteiger partial charge in [-0.2, -0.15) is 0 Å². The molecule has 1 N–H and O–H groups in total. The Morgan fingerprint density at radius 2 is 1.92 bits per heavy atom. The summed E-state index contributed by atoms with van der Waals surface area (Å²) in [6.45, 7) is 4.07. The van der Waals surface area contributed by atoms with E-state index in [-0.39, 0.29) is 1.43 Å². The lowest BCUT2D eigenvalue weighted by molar-refractivity contribution is 1.42. The average Bonchev–Trinajstić information content (AvgIpc) is 2.06. The van der Waals surface area contributed by atoms with E-state index in [9.17, 15) is 0 Å². The summed E-state index contributed by atoms with van der Waals surface area (Å²) in [5.74, 6) is 0. The second-order valence-corrected chi connectivity index (χ2v) is 2.76. The van der Waals surface area contributed by atoms with E-state index in [4.69, 9.17) is 5.41 Å². The van der Waals surface area contributed by atoms with E-state index in [1.807, 2.05) is 37.3 Å². The minimum Gasteiger partial charge on any atom is -0.301 e. The first kappa shape index (κ1) is 8.72. The van der Waals surface area contributed by atoms with E-state index in [1.165, 1.54) is 11.1 Å². The van der Waals surface area contributed by atoms with E-state index >= 15 is 0 Å². The Kier molecular flexibility index (Phi) is 2.81. The van der Waals surface area contributed by atoms with Crippen LogP contribution in [0.5, 0.6) is 0 Å². The summed E-state index contributed by atoms with van der Waals surface area (Å²) in [4.78, 5) is 0. The highest BCUT2D eigenvalue weighted by atomic mass is 14.4. The second kappa shape index (κ2) is 3.86. The van der Waals surface area contributed by atoms with Crippen molar-refractivity contribution >= 4 is 5.71 Å². The third kappa shape index (κ3) is 2.06. The van der Waals surface area contributed by atoms with Gasteiger partial charge in [0.05, 0.1) is 5.71 Å². The van der Waals surface area contributed by atoms with Crippen LogP contribution in [0.25, 0.3) is 0 Å². The molecule has 1 rings (SSSR count). The average molecular weight is 160 g/mol. The molecule has 0 aromatic carbocycles. The number of allylic oxidation sites excluding steroid dienone is 8. The molecule has 12 heavy (non-hydrogen) atoms. The molecule has 1 nitrogen and oxygen atoms in total. The van der Waals surface area contributed by atoms with E-state index in [0.717, 1.165) is 0 Å². The van der Waals surface area contributed by atoms with Gasteiger partial charge in [0.1, 0.15) is 0 Å². The van der Waals surface area contributed by atoms with Crippen molar-refractivity contribution in [2.24, 2.45) is 0 Å². The Hall–Kier alpha value is -1.37. The van der Waals surface area contributed by atoms with Crippen LogP contribution in [0.4, 0.5) is 0 Å². The molecule has 0 fully saturated rings. The molecule has 0 unspecified atom stereocenters. The van der Waals surface area contributed by atoms with Crippen LogP contribution < -0.4 is 0 Å². The van der Waals surface area contributed by atoms with Gasteiger partial charge in [-0.05, 0) is 37.1 Å². The van der Waals surface area contributed by atoms with Gasteiger partial charge in [0.15, 0.2) is 0 Å². The molecular formula is C11H14N+. The fraction of sp³-hybridized carbons (Fsp3) is 0.182. The first-order valence-electron chi connectivity index (χ1n) is 4.02. The van der Waals surface area contributed by atoms with Gasteiger partial charge in [-0.1, -0.05) is 24.3 Å². The van der Waals surface area contributed by atoms with Gasteiger partial charge in [0.2, 0.25) is 0 Å². The highest BCUT2D eigenvalue weighted by Crippen LogP contribution is 2.12.